The Labute approximate surface area is 172 Å². The third kappa shape index (κ3) is 4.59. The van der Waals surface area contributed by atoms with Crippen molar-refractivity contribution in [1.82, 2.24) is 10.2 Å². The Hall–Kier alpha value is -3.70. The summed E-state index contributed by atoms with van der Waals surface area (Å²) < 4.78 is 11.0. The van der Waals surface area contributed by atoms with Crippen LogP contribution in [-0.4, -0.2) is 16.2 Å². The minimum Gasteiger partial charge on any atom is -0.457 e. The van der Waals surface area contributed by atoms with Gasteiger partial charge in [0.2, 0.25) is 5.88 Å². The largest absolute Gasteiger partial charge is 0.457 e. The van der Waals surface area contributed by atoms with Gasteiger partial charge in [-0.05, 0) is 54.6 Å². The molecule has 0 radical (unpaired) electrons. The second-order valence-corrected chi connectivity index (χ2v) is 6.47. The van der Waals surface area contributed by atoms with Crippen LogP contribution in [-0.2, 0) is 0 Å². The molecular weight excluding hydrogens is 388 g/mol. The van der Waals surface area contributed by atoms with Crippen molar-refractivity contribution in [3.63, 3.8) is 0 Å². The number of hydrogen-bond acceptors (Lipinski definition) is 5. The van der Waals surface area contributed by atoms with Gasteiger partial charge in [0, 0.05) is 11.6 Å². The highest BCUT2D eigenvalue weighted by Crippen LogP contribution is 2.25. The minimum absolute atomic E-state index is 0.0997. The predicted molar refractivity (Wildman–Crippen MR) is 110 cm³/mol. The van der Waals surface area contributed by atoms with E-state index in [4.69, 9.17) is 21.1 Å². The number of benzene rings is 3. The molecule has 0 saturated carbocycles. The van der Waals surface area contributed by atoms with Crippen molar-refractivity contribution in [2.45, 2.75) is 0 Å². The summed E-state index contributed by atoms with van der Waals surface area (Å²) in [6.45, 7) is 0. The van der Waals surface area contributed by atoms with Gasteiger partial charge in [-0.2, -0.15) is 0 Å². The molecule has 0 amide bonds. The predicted octanol–water partition coefficient (Wildman–Crippen LogP) is 5.81. The van der Waals surface area contributed by atoms with E-state index in [-0.39, 0.29) is 11.4 Å². The second kappa shape index (κ2) is 8.54. The van der Waals surface area contributed by atoms with Gasteiger partial charge in [-0.15, -0.1) is 10.2 Å². The van der Waals surface area contributed by atoms with Gasteiger partial charge < -0.3 is 9.47 Å². The Morgan fingerprint density at radius 1 is 0.724 bits per heavy atom. The first-order chi connectivity index (χ1) is 14.2. The normalized spacial score (nSPS) is 10.4. The van der Waals surface area contributed by atoms with E-state index in [0.29, 0.717) is 10.7 Å². The fourth-order valence-corrected chi connectivity index (χ4v) is 2.84. The lowest BCUT2D eigenvalue weighted by Gasteiger charge is -2.07. The number of ether oxygens (including phenoxy) is 2. The molecule has 6 heteroatoms. The Kier molecular flexibility index (Phi) is 5.49. The average Bonchev–Trinajstić information content (AvgIpc) is 2.76. The Morgan fingerprint density at radius 2 is 1.41 bits per heavy atom. The molecule has 1 aromatic heterocycles. The molecule has 0 spiro atoms. The fraction of sp³-hybridized carbons (Fsp3) is 0. The molecule has 0 unspecified atom stereocenters. The first-order valence-corrected chi connectivity index (χ1v) is 9.20. The number of hydrogen-bond donors (Lipinski definition) is 0. The quantitative estimate of drug-likeness (QED) is 0.394. The number of nitrogens with zero attached hydrogens (tertiary/aromatic N) is 2. The summed E-state index contributed by atoms with van der Waals surface area (Å²) >= 11 is 6.01. The van der Waals surface area contributed by atoms with Crippen molar-refractivity contribution in [2.24, 2.45) is 0 Å². The van der Waals surface area contributed by atoms with Crippen LogP contribution in [0.4, 0.5) is 0 Å². The van der Waals surface area contributed by atoms with Crippen LogP contribution in [0.25, 0.3) is 11.3 Å². The summed E-state index contributed by atoms with van der Waals surface area (Å²) in [5, 5.41) is 8.42. The van der Waals surface area contributed by atoms with Crippen molar-refractivity contribution >= 4 is 17.6 Å². The van der Waals surface area contributed by atoms with Crippen molar-refractivity contribution < 1.29 is 14.3 Å². The second-order valence-electron chi connectivity index (χ2n) is 6.07. The summed E-state index contributed by atoms with van der Waals surface area (Å²) in [7, 11) is 0. The van der Waals surface area contributed by atoms with Gasteiger partial charge >= 0.3 is 5.97 Å². The van der Waals surface area contributed by atoms with Crippen LogP contribution in [0.15, 0.2) is 91.0 Å². The van der Waals surface area contributed by atoms with Gasteiger partial charge in [-0.1, -0.05) is 41.9 Å². The Bertz CT molecular complexity index is 1110. The fourth-order valence-electron chi connectivity index (χ4n) is 2.62. The van der Waals surface area contributed by atoms with E-state index in [0.717, 1.165) is 17.1 Å². The summed E-state index contributed by atoms with van der Waals surface area (Å²) in [5.74, 6) is 1.01. The smallest absolute Gasteiger partial charge is 0.346 e. The molecule has 4 rings (SSSR count). The van der Waals surface area contributed by atoms with Crippen molar-refractivity contribution in [3.8, 4) is 28.6 Å². The molecule has 0 aliphatic carbocycles. The monoisotopic (exact) mass is 402 g/mol. The zero-order valence-corrected chi connectivity index (χ0v) is 15.9. The van der Waals surface area contributed by atoms with Crippen LogP contribution >= 0.6 is 11.6 Å². The minimum atomic E-state index is -0.583. The van der Waals surface area contributed by atoms with Gasteiger partial charge in [0.15, 0.2) is 0 Å². The number of halogens is 1. The summed E-state index contributed by atoms with van der Waals surface area (Å²) in [4.78, 5) is 12.2. The van der Waals surface area contributed by atoms with Gasteiger partial charge in [0.1, 0.15) is 11.5 Å². The van der Waals surface area contributed by atoms with Crippen molar-refractivity contribution in [2.75, 3.05) is 0 Å². The summed E-state index contributed by atoms with van der Waals surface area (Å²) in [6, 6.07) is 27.0. The number of para-hydroxylation sites is 1. The number of carbonyl (C=O) groups is 1. The third-order valence-electron chi connectivity index (χ3n) is 4.06. The van der Waals surface area contributed by atoms with Crippen LogP contribution in [0, 0.1) is 0 Å². The number of aromatic nitrogens is 2. The molecule has 0 saturated heterocycles. The lowest BCUT2D eigenvalue weighted by atomic mass is 10.1. The van der Waals surface area contributed by atoms with E-state index >= 15 is 0 Å². The lowest BCUT2D eigenvalue weighted by Crippen LogP contribution is -2.10. The first kappa shape index (κ1) is 18.7. The first-order valence-electron chi connectivity index (χ1n) is 8.83. The molecule has 29 heavy (non-hydrogen) atoms. The van der Waals surface area contributed by atoms with Gasteiger partial charge in [-0.3, -0.25) is 0 Å². The van der Waals surface area contributed by atoms with E-state index in [1.165, 1.54) is 0 Å². The zero-order chi connectivity index (χ0) is 20.1. The molecule has 0 aliphatic rings. The maximum Gasteiger partial charge on any atom is 0.346 e. The maximum atomic E-state index is 12.2. The third-order valence-corrected chi connectivity index (χ3v) is 4.39. The van der Waals surface area contributed by atoms with E-state index in [1.54, 1.807) is 36.4 Å². The van der Waals surface area contributed by atoms with E-state index in [9.17, 15) is 4.79 Å². The van der Waals surface area contributed by atoms with Crippen LogP contribution in [0.2, 0.25) is 5.02 Å². The lowest BCUT2D eigenvalue weighted by molar-refractivity contribution is 0.0726. The molecule has 0 atom stereocenters. The summed E-state index contributed by atoms with van der Waals surface area (Å²) in [5.41, 5.74) is 1.78. The Morgan fingerprint density at radius 3 is 2.10 bits per heavy atom. The highest BCUT2D eigenvalue weighted by Gasteiger charge is 2.13. The van der Waals surface area contributed by atoms with Crippen molar-refractivity contribution in [1.29, 1.82) is 0 Å². The maximum absolute atomic E-state index is 12.2. The van der Waals surface area contributed by atoms with E-state index in [1.807, 2.05) is 54.6 Å². The average molecular weight is 403 g/mol. The van der Waals surface area contributed by atoms with E-state index < -0.39 is 5.97 Å². The Balaban J connectivity index is 1.44. The number of rotatable bonds is 5. The van der Waals surface area contributed by atoms with Crippen LogP contribution in [0.1, 0.15) is 10.4 Å². The molecule has 0 aliphatic heterocycles. The highest BCUT2D eigenvalue weighted by molar-refractivity contribution is 6.33. The molecular formula is C23H15ClN2O3. The van der Waals surface area contributed by atoms with Gasteiger partial charge in [0.25, 0.3) is 0 Å². The molecule has 0 bridgehead atoms. The number of esters is 1. The van der Waals surface area contributed by atoms with Crippen LogP contribution in [0.5, 0.6) is 17.4 Å². The van der Waals surface area contributed by atoms with E-state index in [2.05, 4.69) is 10.2 Å². The van der Waals surface area contributed by atoms with Crippen LogP contribution < -0.4 is 9.47 Å². The summed E-state index contributed by atoms with van der Waals surface area (Å²) in [6.07, 6.45) is 0. The molecule has 0 fully saturated rings. The molecule has 3 aromatic carbocycles. The topological polar surface area (TPSA) is 61.3 Å². The molecule has 1 heterocycles. The van der Waals surface area contributed by atoms with Gasteiger partial charge in [-0.25, -0.2) is 4.79 Å². The SMILES string of the molecule is O=C(Oc1ccc(-c2ccc(Oc3ccccc3)cc2)nn1)c1ccccc1Cl. The zero-order valence-electron chi connectivity index (χ0n) is 15.2. The van der Waals surface area contributed by atoms with Crippen LogP contribution in [0.3, 0.4) is 0 Å². The molecule has 5 nitrogen and oxygen atoms in total. The molecule has 0 N–H and O–H groups in total. The van der Waals surface area contributed by atoms with Gasteiger partial charge in [0.05, 0.1) is 16.3 Å². The number of carbonyl (C=O) groups excluding carboxylic acids is 1. The van der Waals surface area contributed by atoms with Crippen molar-refractivity contribution in [3.05, 3.63) is 102 Å². The standard InChI is InChI=1S/C23H15ClN2O3/c24-20-9-5-4-8-19(20)23(27)29-22-15-14-21(25-26-22)16-10-12-18(13-11-16)28-17-6-2-1-3-7-17/h1-15H. The molecule has 4 aromatic rings. The highest BCUT2D eigenvalue weighted by atomic mass is 35.5. The molecule has 142 valence electrons.